The molecule has 0 heterocycles. The fraction of sp³-hybridized carbons (Fsp3) is 1.00. The van der Waals surface area contributed by atoms with Crippen molar-refractivity contribution in [2.24, 2.45) is 0 Å². The van der Waals surface area contributed by atoms with Gasteiger partial charge < -0.3 is 5.11 Å². The van der Waals surface area contributed by atoms with Crippen LogP contribution < -0.4 is 0 Å². The van der Waals surface area contributed by atoms with Crippen LogP contribution in [-0.2, 0) is 0 Å². The average Bonchev–Trinajstić information content (AvgIpc) is 1.83. The monoisotopic (exact) mass is 134 g/mol. The third-order valence-corrected chi connectivity index (χ3v) is 2.23. The average molecular weight is 134 g/mol. The number of thioether (sulfide) groups is 1. The van der Waals surface area contributed by atoms with Gasteiger partial charge in [-0.1, -0.05) is 13.8 Å². The lowest BCUT2D eigenvalue weighted by atomic mass is 10.5. The first kappa shape index (κ1) is 8.31. The molecule has 1 atom stereocenters. The summed E-state index contributed by atoms with van der Waals surface area (Å²) in [6, 6.07) is 0. The molecule has 0 aromatic rings. The molecule has 2 heteroatoms. The van der Waals surface area contributed by atoms with Crippen LogP contribution in [0, 0.1) is 0 Å². The first-order valence-electron chi connectivity index (χ1n) is 3.11. The maximum atomic E-state index is 8.95. The smallest absolute Gasteiger partial charge is 0.0990 e. The second-order valence-corrected chi connectivity index (χ2v) is 3.02. The number of aliphatic hydroxyl groups excluding tert-OH is 1. The predicted octanol–water partition coefficient (Wildman–Crippen LogP) is 1.86. The lowest BCUT2D eigenvalue weighted by Crippen LogP contribution is -1.97. The number of aliphatic hydroxyl groups is 1. The minimum atomic E-state index is -0.130. The molecule has 0 fully saturated rings. The van der Waals surface area contributed by atoms with Crippen LogP contribution in [0.2, 0.25) is 0 Å². The predicted molar refractivity (Wildman–Crippen MR) is 39.0 cm³/mol. The SMILES string of the molecule is CCCS[C@@H](O)CC. The maximum absolute atomic E-state index is 8.95. The zero-order chi connectivity index (χ0) is 6.41. The van der Waals surface area contributed by atoms with Gasteiger partial charge in [0.05, 0.1) is 5.44 Å². The molecular weight excluding hydrogens is 120 g/mol. The molecule has 0 rings (SSSR count). The number of rotatable bonds is 4. The molecule has 0 aromatic heterocycles. The molecule has 0 aromatic carbocycles. The molecular formula is C6H14OS. The Morgan fingerprint density at radius 1 is 1.50 bits per heavy atom. The van der Waals surface area contributed by atoms with Crippen LogP contribution in [0.5, 0.6) is 0 Å². The van der Waals surface area contributed by atoms with Crippen molar-refractivity contribution in [3.05, 3.63) is 0 Å². The van der Waals surface area contributed by atoms with Crippen LogP contribution in [0.25, 0.3) is 0 Å². The van der Waals surface area contributed by atoms with Gasteiger partial charge in [0.1, 0.15) is 0 Å². The van der Waals surface area contributed by atoms with Gasteiger partial charge in [-0.05, 0) is 18.6 Å². The Labute approximate surface area is 55.5 Å². The second-order valence-electron chi connectivity index (χ2n) is 1.73. The normalized spacial score (nSPS) is 13.9. The van der Waals surface area contributed by atoms with E-state index in [-0.39, 0.29) is 5.44 Å². The molecule has 0 aliphatic rings. The Bertz CT molecular complexity index is 47.8. The highest BCUT2D eigenvalue weighted by atomic mass is 32.2. The summed E-state index contributed by atoms with van der Waals surface area (Å²) in [5, 5.41) is 8.95. The van der Waals surface area contributed by atoms with Crippen molar-refractivity contribution in [2.75, 3.05) is 5.75 Å². The summed E-state index contributed by atoms with van der Waals surface area (Å²) in [4.78, 5) is 0. The summed E-state index contributed by atoms with van der Waals surface area (Å²) in [5.41, 5.74) is -0.130. The standard InChI is InChI=1S/C6H14OS/c1-3-5-8-6(7)4-2/h6-7H,3-5H2,1-2H3/t6-/m1/s1. The number of hydrogen-bond donors (Lipinski definition) is 1. The Hall–Kier alpha value is 0.310. The Morgan fingerprint density at radius 3 is 2.50 bits per heavy atom. The van der Waals surface area contributed by atoms with E-state index in [0.717, 1.165) is 18.6 Å². The van der Waals surface area contributed by atoms with Crippen LogP contribution >= 0.6 is 11.8 Å². The second kappa shape index (κ2) is 5.45. The summed E-state index contributed by atoms with van der Waals surface area (Å²) < 4.78 is 0. The molecule has 0 saturated carbocycles. The molecule has 0 saturated heterocycles. The molecule has 0 aliphatic heterocycles. The quantitative estimate of drug-likeness (QED) is 0.592. The molecule has 0 aliphatic carbocycles. The molecule has 1 nitrogen and oxygen atoms in total. The third kappa shape index (κ3) is 4.47. The minimum absolute atomic E-state index is 0.130. The summed E-state index contributed by atoms with van der Waals surface area (Å²) >= 11 is 1.63. The first-order chi connectivity index (χ1) is 3.81. The molecule has 0 amide bonds. The van der Waals surface area contributed by atoms with Gasteiger partial charge in [0.15, 0.2) is 0 Å². The van der Waals surface area contributed by atoms with E-state index in [9.17, 15) is 0 Å². The van der Waals surface area contributed by atoms with Crippen molar-refractivity contribution in [1.29, 1.82) is 0 Å². The van der Waals surface area contributed by atoms with Crippen molar-refractivity contribution in [2.45, 2.75) is 32.1 Å². The molecule has 0 radical (unpaired) electrons. The minimum Gasteiger partial charge on any atom is -0.382 e. The highest BCUT2D eigenvalue weighted by Gasteiger charge is 1.96. The van der Waals surface area contributed by atoms with Gasteiger partial charge >= 0.3 is 0 Å². The molecule has 50 valence electrons. The van der Waals surface area contributed by atoms with Crippen LogP contribution in [0.4, 0.5) is 0 Å². The van der Waals surface area contributed by atoms with E-state index in [1.165, 1.54) is 0 Å². The first-order valence-corrected chi connectivity index (χ1v) is 4.15. The van der Waals surface area contributed by atoms with E-state index in [1.54, 1.807) is 11.8 Å². The van der Waals surface area contributed by atoms with Gasteiger partial charge in [-0.15, -0.1) is 11.8 Å². The largest absolute Gasteiger partial charge is 0.382 e. The van der Waals surface area contributed by atoms with Gasteiger partial charge in [-0.25, -0.2) is 0 Å². The van der Waals surface area contributed by atoms with Gasteiger partial charge in [0.25, 0.3) is 0 Å². The van der Waals surface area contributed by atoms with E-state index in [1.807, 2.05) is 6.92 Å². The fourth-order valence-electron chi connectivity index (χ4n) is 0.372. The van der Waals surface area contributed by atoms with Gasteiger partial charge in [-0.3, -0.25) is 0 Å². The molecule has 0 unspecified atom stereocenters. The lowest BCUT2D eigenvalue weighted by molar-refractivity contribution is 0.259. The fourth-order valence-corrected chi connectivity index (χ4v) is 1.12. The molecule has 0 spiro atoms. The van der Waals surface area contributed by atoms with E-state index in [2.05, 4.69) is 6.92 Å². The van der Waals surface area contributed by atoms with Crippen molar-refractivity contribution in [3.63, 3.8) is 0 Å². The molecule has 8 heavy (non-hydrogen) atoms. The third-order valence-electron chi connectivity index (χ3n) is 0.864. The Balaban J connectivity index is 2.86. The van der Waals surface area contributed by atoms with Crippen LogP contribution in [0.3, 0.4) is 0 Å². The van der Waals surface area contributed by atoms with Gasteiger partial charge in [0.2, 0.25) is 0 Å². The van der Waals surface area contributed by atoms with E-state index in [4.69, 9.17) is 5.11 Å². The van der Waals surface area contributed by atoms with Gasteiger partial charge in [-0.2, -0.15) is 0 Å². The molecule has 1 N–H and O–H groups in total. The van der Waals surface area contributed by atoms with Crippen molar-refractivity contribution in [1.82, 2.24) is 0 Å². The molecule has 0 bridgehead atoms. The van der Waals surface area contributed by atoms with E-state index < -0.39 is 0 Å². The van der Waals surface area contributed by atoms with Crippen molar-refractivity contribution < 1.29 is 5.11 Å². The highest BCUT2D eigenvalue weighted by molar-refractivity contribution is 7.99. The van der Waals surface area contributed by atoms with E-state index >= 15 is 0 Å². The van der Waals surface area contributed by atoms with Crippen LogP contribution in [0.15, 0.2) is 0 Å². The zero-order valence-electron chi connectivity index (χ0n) is 5.55. The maximum Gasteiger partial charge on any atom is 0.0990 e. The van der Waals surface area contributed by atoms with E-state index in [0.29, 0.717) is 0 Å². The summed E-state index contributed by atoms with van der Waals surface area (Å²) in [6.07, 6.45) is 2.02. The number of hydrogen-bond acceptors (Lipinski definition) is 2. The lowest BCUT2D eigenvalue weighted by Gasteiger charge is -2.03. The topological polar surface area (TPSA) is 20.2 Å². The van der Waals surface area contributed by atoms with Crippen LogP contribution in [-0.4, -0.2) is 16.3 Å². The summed E-state index contributed by atoms with van der Waals surface area (Å²) in [6.45, 7) is 4.11. The highest BCUT2D eigenvalue weighted by Crippen LogP contribution is 2.11. The van der Waals surface area contributed by atoms with Crippen molar-refractivity contribution in [3.8, 4) is 0 Å². The Morgan fingerprint density at radius 2 is 2.12 bits per heavy atom. The summed E-state index contributed by atoms with van der Waals surface area (Å²) in [5.74, 6) is 1.08. The Kier molecular flexibility index (Phi) is 5.66. The summed E-state index contributed by atoms with van der Waals surface area (Å²) in [7, 11) is 0. The zero-order valence-corrected chi connectivity index (χ0v) is 6.37. The van der Waals surface area contributed by atoms with Gasteiger partial charge in [0, 0.05) is 0 Å². The van der Waals surface area contributed by atoms with Crippen molar-refractivity contribution >= 4 is 11.8 Å². The van der Waals surface area contributed by atoms with Crippen LogP contribution in [0.1, 0.15) is 26.7 Å².